The van der Waals surface area contributed by atoms with Gasteiger partial charge in [0.15, 0.2) is 0 Å². The van der Waals surface area contributed by atoms with Crippen LogP contribution in [-0.2, 0) is 13.1 Å². The monoisotopic (exact) mass is 342 g/mol. The molecule has 2 amide bonds. The van der Waals surface area contributed by atoms with Crippen molar-refractivity contribution in [2.45, 2.75) is 57.7 Å². The zero-order chi connectivity index (χ0) is 17.2. The molecule has 2 aliphatic rings. The Balaban J connectivity index is 1.27. The second-order valence-corrected chi connectivity index (χ2v) is 7.34. The van der Waals surface area contributed by atoms with Crippen LogP contribution in [0.15, 0.2) is 35.0 Å². The lowest BCUT2D eigenvalue weighted by Gasteiger charge is -2.21. The molecule has 2 atom stereocenters. The molecule has 0 aliphatic heterocycles. The fourth-order valence-corrected chi connectivity index (χ4v) is 3.29. The Kier molecular flexibility index (Phi) is 4.51. The first-order valence-electron chi connectivity index (χ1n) is 9.31. The van der Waals surface area contributed by atoms with Crippen LogP contribution in [0.2, 0.25) is 0 Å². The molecule has 2 heterocycles. The zero-order valence-electron chi connectivity index (χ0n) is 14.7. The molecular formula is C19H26N4O2. The smallest absolute Gasteiger partial charge is 0.318 e. The first-order chi connectivity index (χ1) is 12.2. The van der Waals surface area contributed by atoms with Gasteiger partial charge < -0.3 is 14.6 Å². The number of carbonyl (C=O) groups is 1. The largest absolute Gasteiger partial charge is 0.464 e. The minimum Gasteiger partial charge on any atom is -0.464 e. The van der Waals surface area contributed by atoms with Gasteiger partial charge in [-0.15, -0.1) is 0 Å². The van der Waals surface area contributed by atoms with Gasteiger partial charge >= 0.3 is 6.03 Å². The molecule has 2 aliphatic carbocycles. The molecule has 0 aromatic carbocycles. The van der Waals surface area contributed by atoms with Crippen molar-refractivity contribution in [3.63, 3.8) is 0 Å². The summed E-state index contributed by atoms with van der Waals surface area (Å²) < 4.78 is 7.86. The highest BCUT2D eigenvalue weighted by Crippen LogP contribution is 2.47. The average Bonchev–Trinajstić information content (AvgIpc) is 3.46. The van der Waals surface area contributed by atoms with Crippen LogP contribution < -0.4 is 5.32 Å². The van der Waals surface area contributed by atoms with Crippen molar-refractivity contribution >= 4 is 6.03 Å². The maximum Gasteiger partial charge on any atom is 0.318 e. The zero-order valence-corrected chi connectivity index (χ0v) is 14.7. The summed E-state index contributed by atoms with van der Waals surface area (Å²) in [6.07, 6.45) is 7.98. The number of rotatable bonds is 8. The van der Waals surface area contributed by atoms with Gasteiger partial charge in [0.1, 0.15) is 11.5 Å². The van der Waals surface area contributed by atoms with Crippen molar-refractivity contribution < 1.29 is 9.21 Å². The first-order valence-corrected chi connectivity index (χ1v) is 9.31. The van der Waals surface area contributed by atoms with E-state index in [0.29, 0.717) is 25.0 Å². The third-order valence-corrected chi connectivity index (χ3v) is 5.13. The summed E-state index contributed by atoms with van der Waals surface area (Å²) in [6.45, 7) is 4.29. The predicted octanol–water partition coefficient (Wildman–Crippen LogP) is 3.36. The standard InChI is InChI=1S/C19H26N4O2/c1-14-12-17(14)18-7-6-16(25-18)13-23(15-4-5-15)19(24)20-8-2-10-22-11-3-9-21-22/h3,6-7,9,11,14-15,17H,2,4-5,8,10,12-13H2,1H3,(H,20,24)/t14-,17+/m1/s1. The van der Waals surface area contributed by atoms with E-state index in [2.05, 4.69) is 23.4 Å². The highest BCUT2D eigenvalue weighted by molar-refractivity contribution is 5.74. The third kappa shape index (κ3) is 4.06. The molecule has 0 spiro atoms. The summed E-state index contributed by atoms with van der Waals surface area (Å²) in [5.41, 5.74) is 0. The van der Waals surface area contributed by atoms with E-state index in [-0.39, 0.29) is 6.03 Å². The van der Waals surface area contributed by atoms with Gasteiger partial charge in [0.2, 0.25) is 0 Å². The number of amides is 2. The lowest BCUT2D eigenvalue weighted by atomic mass is 10.3. The lowest BCUT2D eigenvalue weighted by Crippen LogP contribution is -2.41. The van der Waals surface area contributed by atoms with Crippen molar-refractivity contribution in [2.75, 3.05) is 6.54 Å². The summed E-state index contributed by atoms with van der Waals surface area (Å²) in [7, 11) is 0. The molecule has 2 fully saturated rings. The maximum absolute atomic E-state index is 12.5. The average molecular weight is 342 g/mol. The van der Waals surface area contributed by atoms with Crippen molar-refractivity contribution in [2.24, 2.45) is 5.92 Å². The van der Waals surface area contributed by atoms with Crippen LogP contribution in [0.4, 0.5) is 4.79 Å². The highest BCUT2D eigenvalue weighted by Gasteiger charge is 2.37. The molecule has 25 heavy (non-hydrogen) atoms. The molecule has 2 aromatic heterocycles. The molecule has 0 radical (unpaired) electrons. The number of aromatic nitrogens is 2. The van der Waals surface area contributed by atoms with Crippen LogP contribution in [0.1, 0.15) is 50.0 Å². The molecular weight excluding hydrogens is 316 g/mol. The van der Waals surface area contributed by atoms with E-state index in [0.717, 1.165) is 43.2 Å². The van der Waals surface area contributed by atoms with Gasteiger partial charge in [0.25, 0.3) is 0 Å². The Morgan fingerprint density at radius 1 is 1.44 bits per heavy atom. The summed E-state index contributed by atoms with van der Waals surface area (Å²) in [5.74, 6) is 3.29. The predicted molar refractivity (Wildman–Crippen MR) is 94.0 cm³/mol. The molecule has 0 bridgehead atoms. The van der Waals surface area contributed by atoms with E-state index in [1.54, 1.807) is 6.20 Å². The number of aryl methyl sites for hydroxylation is 1. The van der Waals surface area contributed by atoms with Gasteiger partial charge in [-0.05, 0) is 49.8 Å². The SMILES string of the molecule is C[C@@H]1C[C@@H]1c1ccc(CN(C(=O)NCCCn2cccn2)C2CC2)o1. The molecule has 4 rings (SSSR count). The van der Waals surface area contributed by atoms with Gasteiger partial charge in [-0.1, -0.05) is 6.92 Å². The van der Waals surface area contributed by atoms with E-state index in [4.69, 9.17) is 4.42 Å². The fourth-order valence-electron chi connectivity index (χ4n) is 3.29. The van der Waals surface area contributed by atoms with Crippen LogP contribution in [0.3, 0.4) is 0 Å². The molecule has 2 aromatic rings. The van der Waals surface area contributed by atoms with E-state index in [1.807, 2.05) is 27.9 Å². The summed E-state index contributed by atoms with van der Waals surface area (Å²) in [4.78, 5) is 14.5. The van der Waals surface area contributed by atoms with Crippen molar-refractivity contribution in [3.8, 4) is 0 Å². The molecule has 134 valence electrons. The minimum atomic E-state index is 0.0145. The van der Waals surface area contributed by atoms with Gasteiger partial charge in [-0.3, -0.25) is 4.68 Å². The van der Waals surface area contributed by atoms with Crippen LogP contribution in [0, 0.1) is 5.92 Å². The topological polar surface area (TPSA) is 63.3 Å². The van der Waals surface area contributed by atoms with Crippen molar-refractivity contribution in [1.82, 2.24) is 20.0 Å². The highest BCUT2D eigenvalue weighted by atomic mass is 16.3. The van der Waals surface area contributed by atoms with E-state index in [1.165, 1.54) is 6.42 Å². The molecule has 2 saturated carbocycles. The summed E-state index contributed by atoms with van der Waals surface area (Å²) >= 11 is 0. The van der Waals surface area contributed by atoms with E-state index >= 15 is 0 Å². The molecule has 1 N–H and O–H groups in total. The number of furan rings is 1. The van der Waals surface area contributed by atoms with Crippen molar-refractivity contribution in [1.29, 1.82) is 0 Å². The normalized spacial score (nSPS) is 22.0. The van der Waals surface area contributed by atoms with Crippen LogP contribution >= 0.6 is 0 Å². The Bertz CT molecular complexity index is 705. The molecule has 0 saturated heterocycles. The first kappa shape index (κ1) is 16.2. The Morgan fingerprint density at radius 2 is 2.28 bits per heavy atom. The van der Waals surface area contributed by atoms with Crippen LogP contribution in [-0.4, -0.2) is 33.3 Å². The number of nitrogens with one attached hydrogen (secondary N) is 1. The molecule has 6 heteroatoms. The number of hydrogen-bond donors (Lipinski definition) is 1. The van der Waals surface area contributed by atoms with Crippen LogP contribution in [0.5, 0.6) is 0 Å². The van der Waals surface area contributed by atoms with Gasteiger partial charge in [0, 0.05) is 37.4 Å². The number of carbonyl (C=O) groups excluding carboxylic acids is 1. The maximum atomic E-state index is 12.5. The fraction of sp³-hybridized carbons (Fsp3) is 0.579. The quantitative estimate of drug-likeness (QED) is 0.748. The Morgan fingerprint density at radius 3 is 2.96 bits per heavy atom. The lowest BCUT2D eigenvalue weighted by molar-refractivity contribution is 0.186. The second kappa shape index (κ2) is 6.94. The molecule has 0 unspecified atom stereocenters. The van der Waals surface area contributed by atoms with E-state index < -0.39 is 0 Å². The van der Waals surface area contributed by atoms with Gasteiger partial charge in [0.05, 0.1) is 6.54 Å². The van der Waals surface area contributed by atoms with Crippen molar-refractivity contribution in [3.05, 3.63) is 42.1 Å². The Labute approximate surface area is 148 Å². The summed E-state index contributed by atoms with van der Waals surface area (Å²) in [5, 5.41) is 7.21. The second-order valence-electron chi connectivity index (χ2n) is 7.34. The minimum absolute atomic E-state index is 0.0145. The number of nitrogens with zero attached hydrogens (tertiary/aromatic N) is 3. The van der Waals surface area contributed by atoms with Gasteiger partial charge in [-0.2, -0.15) is 5.10 Å². The Hall–Kier alpha value is -2.24. The molecule has 6 nitrogen and oxygen atoms in total. The third-order valence-electron chi connectivity index (χ3n) is 5.13. The number of hydrogen-bond acceptors (Lipinski definition) is 3. The van der Waals surface area contributed by atoms with Crippen LogP contribution in [0.25, 0.3) is 0 Å². The van der Waals surface area contributed by atoms with Gasteiger partial charge in [-0.25, -0.2) is 4.79 Å². The van der Waals surface area contributed by atoms with E-state index in [9.17, 15) is 4.79 Å². The number of urea groups is 1. The summed E-state index contributed by atoms with van der Waals surface area (Å²) in [6, 6.07) is 6.39.